The van der Waals surface area contributed by atoms with Gasteiger partial charge in [-0.05, 0) is 0 Å². The predicted octanol–water partition coefficient (Wildman–Crippen LogP) is 10.2. The molecule has 0 saturated carbocycles. The van der Waals surface area contributed by atoms with Gasteiger partial charge in [-0.15, -0.1) is 24.8 Å². The first-order valence-corrected chi connectivity index (χ1v) is 23.1. The molecule has 0 atom stereocenters. The van der Waals surface area contributed by atoms with E-state index in [0.29, 0.717) is 0 Å². The van der Waals surface area contributed by atoms with Gasteiger partial charge in [0, 0.05) is 0 Å². The first-order valence-electron chi connectivity index (χ1n) is 16.4. The van der Waals surface area contributed by atoms with Gasteiger partial charge in [-0.1, -0.05) is 0 Å². The summed E-state index contributed by atoms with van der Waals surface area (Å²) in [6, 6.07) is 26.6. The molecule has 0 saturated heterocycles. The summed E-state index contributed by atoms with van der Waals surface area (Å²) in [5.74, 6) is 0. The molecule has 0 nitrogen and oxygen atoms in total. The molecule has 4 aromatic carbocycles. The van der Waals surface area contributed by atoms with E-state index in [0.717, 1.165) is 12.8 Å². The standard InChI is InChI=1S/C23H29.2C7H7.C5H5.CH2.2ClH.Zr/c1-14-9-16-11-17-10-15(2)21(23(6,7)8)13-19(17)18(16)12-20(14)22(3,4)5;2*1-7-5-3-2-4-6-7;1-2-4-5-3-1;;;;/h9,12-13H,11H2,1-8H3;2*3-6H,1H3;1-3H,4H2;1H2;2*1H;. The van der Waals surface area contributed by atoms with E-state index in [4.69, 9.17) is 4.21 Å². The summed E-state index contributed by atoms with van der Waals surface area (Å²) in [5.41, 5.74) is 14.3. The second-order valence-corrected chi connectivity index (χ2v) is 28.8. The van der Waals surface area contributed by atoms with Crippen molar-refractivity contribution in [1.82, 2.24) is 0 Å². The molecule has 0 N–H and O–H groups in total. The van der Waals surface area contributed by atoms with Crippen molar-refractivity contribution in [2.24, 2.45) is 0 Å². The molecule has 2 aliphatic rings. The molecule has 0 fully saturated rings. The minimum atomic E-state index is -4.81. The van der Waals surface area contributed by atoms with Crippen molar-refractivity contribution in [3.8, 4) is 11.1 Å². The minimum absolute atomic E-state index is 0. The van der Waals surface area contributed by atoms with E-state index < -0.39 is 18.3 Å². The van der Waals surface area contributed by atoms with Crippen molar-refractivity contribution < 1.29 is 18.3 Å². The van der Waals surface area contributed by atoms with Crippen molar-refractivity contribution in [2.45, 2.75) is 92.9 Å². The molecule has 0 heterocycles. The number of hydrogen-bond donors (Lipinski definition) is 0. The number of benzene rings is 4. The predicted molar refractivity (Wildman–Crippen MR) is 206 cm³/mol. The first kappa shape index (κ1) is 36.5. The van der Waals surface area contributed by atoms with Gasteiger partial charge in [0.15, 0.2) is 0 Å². The number of fused-ring (bicyclic) bond motifs is 3. The van der Waals surface area contributed by atoms with Gasteiger partial charge >= 0.3 is 269 Å². The average molecular weight is 731 g/mol. The van der Waals surface area contributed by atoms with Crippen LogP contribution >= 0.6 is 24.8 Å². The van der Waals surface area contributed by atoms with Crippen LogP contribution in [0.15, 0.2) is 88.2 Å². The monoisotopic (exact) mass is 728 g/mol. The van der Waals surface area contributed by atoms with Crippen molar-refractivity contribution in [3.05, 3.63) is 133 Å². The molecule has 0 radical (unpaired) electrons. The molecule has 0 bridgehead atoms. The molecule has 6 rings (SSSR count). The van der Waals surface area contributed by atoms with Crippen LogP contribution in [0.3, 0.4) is 0 Å². The summed E-state index contributed by atoms with van der Waals surface area (Å²) in [6.45, 7) is 23.3. The van der Waals surface area contributed by atoms with E-state index >= 15 is 0 Å². The Hall–Kier alpha value is -2.31. The molecule has 3 heteroatoms. The third-order valence-electron chi connectivity index (χ3n) is 10.8. The van der Waals surface area contributed by atoms with Gasteiger partial charge in [-0.2, -0.15) is 0 Å². The first-order chi connectivity index (χ1) is 20.5. The Bertz CT molecular complexity index is 1890. The Morgan fingerprint density at radius 1 is 0.652 bits per heavy atom. The van der Waals surface area contributed by atoms with Crippen molar-refractivity contribution in [2.75, 3.05) is 0 Å². The number of aryl methyl sites for hydroxylation is 3. The summed E-state index contributed by atoms with van der Waals surface area (Å²) in [7, 11) is 0. The van der Waals surface area contributed by atoms with E-state index in [1.54, 1.807) is 3.27 Å². The van der Waals surface area contributed by atoms with E-state index in [1.165, 1.54) is 65.5 Å². The van der Waals surface area contributed by atoms with E-state index in [-0.39, 0.29) is 35.6 Å². The SMILES string of the molecule is Cl.Cl.[CH2]=[Zr]([C]1=CC=CC1)([c]1ccc(C)cc1)([c]1ccc(C)cc1)[c]1c(C)c(C(C)(C)C)cc2c1Cc1cc(C)c(C(C)(C)C)cc1-2. The Morgan fingerprint density at radius 2 is 1.15 bits per heavy atom. The molecule has 0 aromatic heterocycles. The summed E-state index contributed by atoms with van der Waals surface area (Å²) in [4.78, 5) is 0. The zero-order valence-electron chi connectivity index (χ0n) is 29.5. The van der Waals surface area contributed by atoms with Crippen molar-refractivity contribution >= 4 is 38.8 Å². The molecule has 2 aliphatic carbocycles. The fraction of sp³-hybridized carbons (Fsp3) is 0.326. The molecule has 0 aliphatic heterocycles. The van der Waals surface area contributed by atoms with Gasteiger partial charge in [0.05, 0.1) is 0 Å². The van der Waals surface area contributed by atoms with Crippen molar-refractivity contribution in [3.63, 3.8) is 0 Å². The zero-order valence-corrected chi connectivity index (χ0v) is 33.6. The average Bonchev–Trinajstić information content (AvgIpc) is 3.60. The van der Waals surface area contributed by atoms with Gasteiger partial charge in [0.1, 0.15) is 0 Å². The summed E-state index contributed by atoms with van der Waals surface area (Å²) in [6.07, 6.45) is 9.01. The molecule has 0 spiro atoms. The molecule has 0 amide bonds. The maximum atomic E-state index is 5.75. The fourth-order valence-corrected chi connectivity index (χ4v) is 25.0. The van der Waals surface area contributed by atoms with Gasteiger partial charge in [0.25, 0.3) is 0 Å². The Kier molecular flexibility index (Phi) is 9.76. The van der Waals surface area contributed by atoms with Crippen LogP contribution in [-0.2, 0) is 35.5 Å². The number of hydrogen-bond acceptors (Lipinski definition) is 0. The van der Waals surface area contributed by atoms with Crippen LogP contribution in [0.4, 0.5) is 0 Å². The number of allylic oxidation sites excluding steroid dienone is 4. The number of halogens is 2. The van der Waals surface area contributed by atoms with E-state index in [9.17, 15) is 0 Å². The van der Waals surface area contributed by atoms with Crippen LogP contribution in [0.5, 0.6) is 0 Å². The molecular weight excluding hydrogens is 679 g/mol. The fourth-order valence-electron chi connectivity index (χ4n) is 8.63. The number of rotatable bonds is 4. The van der Waals surface area contributed by atoms with E-state index in [1.807, 2.05) is 0 Å². The Balaban J connectivity index is 0.00000240. The third kappa shape index (κ3) is 5.44. The van der Waals surface area contributed by atoms with Crippen LogP contribution in [0, 0.1) is 27.7 Å². The van der Waals surface area contributed by atoms with Crippen LogP contribution in [0.1, 0.15) is 92.5 Å². The zero-order chi connectivity index (χ0) is 31.8. The quantitative estimate of drug-likeness (QED) is 0.173. The van der Waals surface area contributed by atoms with Gasteiger partial charge in [-0.25, -0.2) is 0 Å². The van der Waals surface area contributed by atoms with Gasteiger partial charge in [-0.3, -0.25) is 0 Å². The van der Waals surface area contributed by atoms with Gasteiger partial charge in [0.2, 0.25) is 0 Å². The molecule has 0 unspecified atom stereocenters. The van der Waals surface area contributed by atoms with Gasteiger partial charge < -0.3 is 0 Å². The maximum absolute atomic E-state index is 5.75. The molecule has 242 valence electrons. The molecule has 46 heavy (non-hydrogen) atoms. The van der Waals surface area contributed by atoms with E-state index in [2.05, 4.69) is 154 Å². The van der Waals surface area contributed by atoms with Crippen LogP contribution in [0.25, 0.3) is 11.1 Å². The second kappa shape index (κ2) is 12.3. The third-order valence-corrected chi connectivity index (χ3v) is 27.5. The molecule has 4 aromatic rings. The Morgan fingerprint density at radius 3 is 1.61 bits per heavy atom. The summed E-state index contributed by atoms with van der Waals surface area (Å²) < 4.78 is 11.7. The van der Waals surface area contributed by atoms with Crippen LogP contribution in [0.2, 0.25) is 0 Å². The summed E-state index contributed by atoms with van der Waals surface area (Å²) >= 11 is -4.81. The summed E-state index contributed by atoms with van der Waals surface area (Å²) in [5, 5.41) is 0. The second-order valence-electron chi connectivity index (χ2n) is 16.0. The van der Waals surface area contributed by atoms with Crippen LogP contribution < -0.4 is 9.81 Å². The normalized spacial score (nSPS) is 14.3. The molecular formula is C43H52Cl2Zr. The van der Waals surface area contributed by atoms with Crippen LogP contribution in [-0.4, -0.2) is 4.21 Å². The Labute approximate surface area is 291 Å². The van der Waals surface area contributed by atoms with Crippen molar-refractivity contribution in [1.29, 1.82) is 0 Å². The topological polar surface area (TPSA) is 0 Å².